The molecule has 0 aliphatic carbocycles. The van der Waals surface area contributed by atoms with Gasteiger partial charge >= 0.3 is 0 Å². The van der Waals surface area contributed by atoms with Crippen LogP contribution in [-0.4, -0.2) is 31.6 Å². The molecule has 0 fully saturated rings. The molecule has 0 radical (unpaired) electrons. The first-order valence-corrected chi connectivity index (χ1v) is 9.38. The zero-order chi connectivity index (χ0) is 18.7. The molecule has 0 aliphatic rings. The Balaban J connectivity index is 1.71. The quantitative estimate of drug-likeness (QED) is 0.715. The van der Waals surface area contributed by atoms with Crippen LogP contribution in [0, 0.1) is 0 Å². The van der Waals surface area contributed by atoms with E-state index in [0.29, 0.717) is 11.4 Å². The lowest BCUT2D eigenvalue weighted by molar-refractivity contribution is -0.117. The van der Waals surface area contributed by atoms with E-state index in [1.54, 1.807) is 25.2 Å². The first-order chi connectivity index (χ1) is 12.3. The molecule has 1 aromatic heterocycles. The maximum absolute atomic E-state index is 12.5. The Morgan fingerprint density at radius 1 is 1.12 bits per heavy atom. The van der Waals surface area contributed by atoms with E-state index >= 15 is 0 Å². The highest BCUT2D eigenvalue weighted by Crippen LogP contribution is 2.21. The third kappa shape index (κ3) is 3.98. The number of carbonyl (C=O) groups is 1. The van der Waals surface area contributed by atoms with E-state index < -0.39 is 10.0 Å². The topological polar surface area (TPSA) is 109 Å². The molecule has 0 spiro atoms. The van der Waals surface area contributed by atoms with Crippen LogP contribution in [0.3, 0.4) is 0 Å². The molecule has 0 saturated heterocycles. The molecular formula is C18H18N4O3S. The number of nitrogens with one attached hydrogen (secondary N) is 1. The predicted molar refractivity (Wildman–Crippen MR) is 99.0 cm³/mol. The van der Waals surface area contributed by atoms with E-state index in [1.807, 2.05) is 30.3 Å². The van der Waals surface area contributed by atoms with Crippen LogP contribution in [0.15, 0.2) is 65.6 Å². The Morgan fingerprint density at radius 3 is 2.38 bits per heavy atom. The van der Waals surface area contributed by atoms with Gasteiger partial charge in [0.25, 0.3) is 0 Å². The molecule has 3 rings (SSSR count). The highest BCUT2D eigenvalue weighted by atomic mass is 32.2. The van der Waals surface area contributed by atoms with Gasteiger partial charge < -0.3 is 0 Å². The summed E-state index contributed by atoms with van der Waals surface area (Å²) in [6.07, 6.45) is 0.120. The van der Waals surface area contributed by atoms with Crippen LogP contribution in [0.25, 0.3) is 11.3 Å². The van der Waals surface area contributed by atoms with Crippen LogP contribution < -0.4 is 10.0 Å². The molecule has 2 aromatic carbocycles. The van der Waals surface area contributed by atoms with Crippen molar-refractivity contribution < 1.29 is 13.2 Å². The van der Waals surface area contributed by atoms with Crippen molar-refractivity contribution in [2.24, 2.45) is 5.14 Å². The van der Waals surface area contributed by atoms with Crippen molar-refractivity contribution in [1.82, 2.24) is 10.2 Å². The number of rotatable bonds is 5. The summed E-state index contributed by atoms with van der Waals surface area (Å²) in [6.45, 7) is 0. The van der Waals surface area contributed by atoms with Gasteiger partial charge in [-0.1, -0.05) is 42.5 Å². The van der Waals surface area contributed by atoms with Crippen LogP contribution in [-0.2, 0) is 21.2 Å². The lowest BCUT2D eigenvalue weighted by Gasteiger charge is -2.14. The highest BCUT2D eigenvalue weighted by Gasteiger charge is 2.16. The molecule has 1 heterocycles. The summed E-state index contributed by atoms with van der Waals surface area (Å²) in [4.78, 5) is 13.9. The molecule has 8 heteroatoms. The minimum Gasteiger partial charge on any atom is -0.298 e. The Bertz CT molecular complexity index is 1010. The molecule has 0 bridgehead atoms. The van der Waals surface area contributed by atoms with Crippen molar-refractivity contribution in [3.63, 3.8) is 0 Å². The maximum atomic E-state index is 12.5. The van der Waals surface area contributed by atoms with Gasteiger partial charge in [-0.05, 0) is 23.3 Å². The van der Waals surface area contributed by atoms with Gasteiger partial charge in [-0.2, -0.15) is 5.10 Å². The van der Waals surface area contributed by atoms with Crippen molar-refractivity contribution in [3.05, 3.63) is 66.2 Å². The number of nitrogens with zero attached hydrogens (tertiary/aromatic N) is 2. The molecule has 0 unspecified atom stereocenters. The number of aromatic amines is 1. The molecule has 3 aromatic rings. The molecule has 134 valence electrons. The number of carbonyl (C=O) groups excluding carboxylic acids is 1. The normalized spacial score (nSPS) is 11.3. The zero-order valence-corrected chi connectivity index (χ0v) is 14.9. The second kappa shape index (κ2) is 7.11. The Morgan fingerprint density at radius 2 is 1.77 bits per heavy atom. The number of hydrogen-bond donors (Lipinski definition) is 2. The maximum Gasteiger partial charge on any atom is 0.238 e. The fourth-order valence-electron chi connectivity index (χ4n) is 2.47. The number of H-pyrrole nitrogens is 1. The summed E-state index contributed by atoms with van der Waals surface area (Å²) < 4.78 is 22.5. The number of primary sulfonamides is 1. The number of aromatic nitrogens is 2. The largest absolute Gasteiger partial charge is 0.298 e. The highest BCUT2D eigenvalue weighted by molar-refractivity contribution is 7.89. The molecular weight excluding hydrogens is 352 g/mol. The van der Waals surface area contributed by atoms with Crippen molar-refractivity contribution in [2.75, 3.05) is 11.9 Å². The van der Waals surface area contributed by atoms with E-state index in [0.717, 1.165) is 11.3 Å². The van der Waals surface area contributed by atoms with Gasteiger partial charge in [0.2, 0.25) is 15.9 Å². The summed E-state index contributed by atoms with van der Waals surface area (Å²) in [5.74, 6) is 0.342. The number of anilines is 1. The number of amides is 1. The average molecular weight is 370 g/mol. The minimum atomic E-state index is -3.74. The monoisotopic (exact) mass is 370 g/mol. The van der Waals surface area contributed by atoms with Crippen molar-refractivity contribution >= 4 is 21.7 Å². The molecule has 1 amide bonds. The smallest absolute Gasteiger partial charge is 0.238 e. The van der Waals surface area contributed by atoms with Crippen LogP contribution in [0.2, 0.25) is 0 Å². The lowest BCUT2D eigenvalue weighted by atomic mass is 10.1. The van der Waals surface area contributed by atoms with E-state index in [4.69, 9.17) is 5.14 Å². The summed E-state index contributed by atoms with van der Waals surface area (Å²) in [6, 6.07) is 17.4. The number of sulfonamides is 1. The van der Waals surface area contributed by atoms with E-state index in [1.165, 1.54) is 17.0 Å². The Kier molecular flexibility index (Phi) is 4.88. The van der Waals surface area contributed by atoms with Gasteiger partial charge in [0.15, 0.2) is 5.82 Å². The van der Waals surface area contributed by atoms with Gasteiger partial charge in [0, 0.05) is 13.1 Å². The fraction of sp³-hybridized carbons (Fsp3) is 0.111. The number of hydrogen-bond acceptors (Lipinski definition) is 4. The van der Waals surface area contributed by atoms with Crippen LogP contribution in [0.1, 0.15) is 5.56 Å². The molecule has 3 N–H and O–H groups in total. The van der Waals surface area contributed by atoms with Crippen LogP contribution in [0.4, 0.5) is 5.82 Å². The van der Waals surface area contributed by atoms with Crippen molar-refractivity contribution in [2.45, 2.75) is 11.3 Å². The molecule has 0 aliphatic heterocycles. The van der Waals surface area contributed by atoms with E-state index in [9.17, 15) is 13.2 Å². The summed E-state index contributed by atoms with van der Waals surface area (Å²) in [7, 11) is -2.10. The third-order valence-electron chi connectivity index (χ3n) is 3.97. The van der Waals surface area contributed by atoms with Gasteiger partial charge in [0.1, 0.15) is 0 Å². The number of nitrogens with two attached hydrogens (primary N) is 1. The predicted octanol–water partition coefficient (Wildman–Crippen LogP) is 1.93. The first kappa shape index (κ1) is 17.8. The van der Waals surface area contributed by atoms with Crippen molar-refractivity contribution in [1.29, 1.82) is 0 Å². The lowest BCUT2D eigenvalue weighted by Crippen LogP contribution is -2.28. The molecule has 7 nitrogen and oxygen atoms in total. The number of benzene rings is 2. The van der Waals surface area contributed by atoms with Gasteiger partial charge in [-0.15, -0.1) is 0 Å². The Hall–Kier alpha value is -2.97. The Labute approximate surface area is 151 Å². The van der Waals surface area contributed by atoms with Crippen LogP contribution in [0.5, 0.6) is 0 Å². The second-order valence-corrected chi connectivity index (χ2v) is 7.39. The van der Waals surface area contributed by atoms with Gasteiger partial charge in [-0.3, -0.25) is 14.8 Å². The minimum absolute atomic E-state index is 0.0156. The molecule has 0 atom stereocenters. The summed E-state index contributed by atoms with van der Waals surface area (Å²) >= 11 is 0. The molecule has 0 saturated carbocycles. The van der Waals surface area contributed by atoms with Gasteiger partial charge in [0.05, 0.1) is 17.0 Å². The first-order valence-electron chi connectivity index (χ1n) is 7.84. The second-order valence-electron chi connectivity index (χ2n) is 5.82. The number of likely N-dealkylation sites (N-methyl/N-ethyl adjacent to an activating group) is 1. The standard InChI is InChI=1S/C18H18N4O3S/c1-22(17-12-16(20-21-17)14-5-3-2-4-6-14)18(23)11-13-7-9-15(10-8-13)26(19,24)25/h2-10,12H,11H2,1H3,(H,20,21)(H2,19,24,25). The van der Waals surface area contributed by atoms with Gasteiger partial charge in [-0.25, -0.2) is 13.6 Å². The fourth-order valence-corrected chi connectivity index (χ4v) is 2.98. The molecule has 26 heavy (non-hydrogen) atoms. The third-order valence-corrected chi connectivity index (χ3v) is 4.90. The average Bonchev–Trinajstić information content (AvgIpc) is 3.11. The summed E-state index contributed by atoms with van der Waals surface area (Å²) in [5, 5.41) is 12.2. The van der Waals surface area contributed by atoms with Crippen LogP contribution >= 0.6 is 0 Å². The van der Waals surface area contributed by atoms with E-state index in [-0.39, 0.29) is 17.2 Å². The van der Waals surface area contributed by atoms with Crippen molar-refractivity contribution in [3.8, 4) is 11.3 Å². The zero-order valence-electron chi connectivity index (χ0n) is 14.1. The summed E-state index contributed by atoms with van der Waals surface area (Å²) in [5.41, 5.74) is 2.48. The SMILES string of the molecule is CN(C(=O)Cc1ccc(S(N)(=O)=O)cc1)c1cc(-c2ccccc2)[nH]n1. The van der Waals surface area contributed by atoms with E-state index in [2.05, 4.69) is 10.2 Å².